The molecule has 0 atom stereocenters. The first kappa shape index (κ1) is 15.8. The number of nitrogens with one attached hydrogen (secondary N) is 1. The molecule has 1 fully saturated rings. The second kappa shape index (κ2) is 7.43. The van der Waals surface area contributed by atoms with Crippen LogP contribution in [-0.2, 0) is 22.6 Å². The molecule has 1 saturated heterocycles. The Labute approximate surface area is 126 Å². The van der Waals surface area contributed by atoms with Crippen molar-refractivity contribution in [2.45, 2.75) is 33.0 Å². The fourth-order valence-electron chi connectivity index (χ4n) is 2.31. The minimum atomic E-state index is 0.0361. The third-order valence-electron chi connectivity index (χ3n) is 3.50. The van der Waals surface area contributed by atoms with Gasteiger partial charge in [-0.3, -0.25) is 4.79 Å². The van der Waals surface area contributed by atoms with Crippen molar-refractivity contribution in [3.8, 4) is 5.75 Å². The van der Waals surface area contributed by atoms with E-state index in [1.807, 2.05) is 11.0 Å². The van der Waals surface area contributed by atoms with Crippen LogP contribution in [0.15, 0.2) is 18.2 Å². The molecule has 0 aliphatic carbocycles. The van der Waals surface area contributed by atoms with E-state index in [1.54, 1.807) is 7.11 Å². The van der Waals surface area contributed by atoms with Gasteiger partial charge in [0.1, 0.15) is 12.4 Å². The predicted octanol–water partition coefficient (Wildman–Crippen LogP) is 1.55. The lowest BCUT2D eigenvalue weighted by atomic mass is 10.1. The van der Waals surface area contributed by atoms with Crippen LogP contribution in [0.4, 0.5) is 0 Å². The van der Waals surface area contributed by atoms with E-state index < -0.39 is 0 Å². The summed E-state index contributed by atoms with van der Waals surface area (Å²) in [6, 6.07) is 6.57. The summed E-state index contributed by atoms with van der Waals surface area (Å²) >= 11 is 0. The normalized spacial score (nSPS) is 15.6. The Morgan fingerprint density at radius 3 is 2.90 bits per heavy atom. The van der Waals surface area contributed by atoms with E-state index in [-0.39, 0.29) is 12.5 Å². The van der Waals surface area contributed by atoms with Gasteiger partial charge < -0.3 is 19.7 Å². The summed E-state index contributed by atoms with van der Waals surface area (Å²) in [5.41, 5.74) is 2.23. The molecular formula is C16H24N2O3. The highest BCUT2D eigenvalue weighted by atomic mass is 16.5. The molecule has 2 rings (SSSR count). The Kier molecular flexibility index (Phi) is 5.59. The van der Waals surface area contributed by atoms with Crippen LogP contribution >= 0.6 is 0 Å². The largest absolute Gasteiger partial charge is 0.496 e. The summed E-state index contributed by atoms with van der Waals surface area (Å²) in [7, 11) is 1.66. The Bertz CT molecular complexity index is 488. The van der Waals surface area contributed by atoms with Crippen LogP contribution in [0.25, 0.3) is 0 Å². The van der Waals surface area contributed by atoms with Crippen molar-refractivity contribution in [1.29, 1.82) is 0 Å². The summed E-state index contributed by atoms with van der Waals surface area (Å²) in [5, 5.41) is 3.40. The Morgan fingerprint density at radius 1 is 1.43 bits per heavy atom. The summed E-state index contributed by atoms with van der Waals surface area (Å²) in [4.78, 5) is 13.7. The molecule has 0 saturated carbocycles. The Balaban J connectivity index is 2.11. The van der Waals surface area contributed by atoms with E-state index in [0.29, 0.717) is 25.7 Å². The first-order chi connectivity index (χ1) is 10.1. The Hall–Kier alpha value is -1.59. The van der Waals surface area contributed by atoms with Crippen molar-refractivity contribution < 1.29 is 14.3 Å². The van der Waals surface area contributed by atoms with Crippen LogP contribution in [0.3, 0.4) is 0 Å². The average Bonchev–Trinajstić information content (AvgIpc) is 2.47. The van der Waals surface area contributed by atoms with Gasteiger partial charge in [-0.1, -0.05) is 19.9 Å². The second-order valence-electron chi connectivity index (χ2n) is 5.55. The smallest absolute Gasteiger partial charge is 0.248 e. The molecule has 0 spiro atoms. The maximum Gasteiger partial charge on any atom is 0.248 e. The van der Waals surface area contributed by atoms with Gasteiger partial charge in [-0.2, -0.15) is 0 Å². The molecule has 1 N–H and O–H groups in total. The van der Waals surface area contributed by atoms with Gasteiger partial charge in [0.15, 0.2) is 0 Å². The van der Waals surface area contributed by atoms with Gasteiger partial charge in [0.05, 0.1) is 13.7 Å². The predicted molar refractivity (Wildman–Crippen MR) is 81.2 cm³/mol. The molecule has 0 radical (unpaired) electrons. The van der Waals surface area contributed by atoms with Crippen molar-refractivity contribution in [3.63, 3.8) is 0 Å². The number of nitrogens with zero attached hydrogens (tertiary/aromatic N) is 1. The lowest BCUT2D eigenvalue weighted by molar-refractivity contribution is -0.143. The summed E-state index contributed by atoms with van der Waals surface area (Å²) in [5.74, 6) is 0.858. The minimum absolute atomic E-state index is 0.0361. The fraction of sp³-hybridized carbons (Fsp3) is 0.562. The summed E-state index contributed by atoms with van der Waals surface area (Å²) < 4.78 is 10.6. The zero-order chi connectivity index (χ0) is 15.2. The van der Waals surface area contributed by atoms with E-state index in [9.17, 15) is 4.79 Å². The van der Waals surface area contributed by atoms with E-state index >= 15 is 0 Å². The molecule has 1 heterocycles. The van der Waals surface area contributed by atoms with E-state index in [2.05, 4.69) is 31.3 Å². The topological polar surface area (TPSA) is 50.8 Å². The third kappa shape index (κ3) is 4.44. The first-order valence-corrected chi connectivity index (χ1v) is 7.35. The van der Waals surface area contributed by atoms with Crippen LogP contribution in [0, 0.1) is 0 Å². The molecule has 1 aromatic carbocycles. The standard InChI is InChI=1S/C16H24N2O3/c1-12(2)17-9-13-4-5-15(20-3)14(8-13)10-18-6-7-21-11-16(18)19/h4-5,8,12,17H,6-7,9-11H2,1-3H3. The molecule has 0 unspecified atom stereocenters. The van der Waals surface area contributed by atoms with Gasteiger partial charge in [-0.05, 0) is 17.7 Å². The SMILES string of the molecule is COc1ccc(CNC(C)C)cc1CN1CCOCC1=O. The zero-order valence-electron chi connectivity index (χ0n) is 13.0. The molecule has 1 amide bonds. The van der Waals surface area contributed by atoms with Crippen LogP contribution in [0.2, 0.25) is 0 Å². The maximum atomic E-state index is 11.8. The van der Waals surface area contributed by atoms with Gasteiger partial charge in [-0.25, -0.2) is 0 Å². The fourth-order valence-corrected chi connectivity index (χ4v) is 2.31. The number of ether oxygens (including phenoxy) is 2. The Morgan fingerprint density at radius 2 is 2.24 bits per heavy atom. The van der Waals surface area contributed by atoms with Crippen molar-refractivity contribution in [2.24, 2.45) is 0 Å². The van der Waals surface area contributed by atoms with E-state index in [4.69, 9.17) is 9.47 Å². The second-order valence-corrected chi connectivity index (χ2v) is 5.55. The van der Waals surface area contributed by atoms with Crippen LogP contribution in [0.5, 0.6) is 5.75 Å². The number of methoxy groups -OCH3 is 1. The molecular weight excluding hydrogens is 268 g/mol. The number of hydrogen-bond donors (Lipinski definition) is 1. The highest BCUT2D eigenvalue weighted by Gasteiger charge is 2.20. The molecule has 21 heavy (non-hydrogen) atoms. The quantitative estimate of drug-likeness (QED) is 0.864. The van der Waals surface area contributed by atoms with Crippen LogP contribution in [-0.4, -0.2) is 43.7 Å². The molecule has 0 bridgehead atoms. The van der Waals surface area contributed by atoms with Crippen molar-refractivity contribution in [1.82, 2.24) is 10.2 Å². The molecule has 1 aliphatic heterocycles. The third-order valence-corrected chi connectivity index (χ3v) is 3.50. The number of carbonyl (C=O) groups is 1. The van der Waals surface area contributed by atoms with E-state index in [1.165, 1.54) is 5.56 Å². The van der Waals surface area contributed by atoms with Gasteiger partial charge in [0.2, 0.25) is 5.91 Å². The van der Waals surface area contributed by atoms with Crippen LogP contribution < -0.4 is 10.1 Å². The summed E-state index contributed by atoms with van der Waals surface area (Å²) in [6.07, 6.45) is 0. The monoisotopic (exact) mass is 292 g/mol. The number of amides is 1. The van der Waals surface area contributed by atoms with Crippen LogP contribution in [0.1, 0.15) is 25.0 Å². The molecule has 1 aliphatic rings. The number of rotatable bonds is 6. The number of benzene rings is 1. The van der Waals surface area contributed by atoms with Crippen molar-refractivity contribution in [3.05, 3.63) is 29.3 Å². The minimum Gasteiger partial charge on any atom is -0.496 e. The zero-order valence-corrected chi connectivity index (χ0v) is 13.0. The van der Waals surface area contributed by atoms with Gasteiger partial charge >= 0.3 is 0 Å². The molecule has 5 heteroatoms. The first-order valence-electron chi connectivity index (χ1n) is 7.35. The number of morpholine rings is 1. The van der Waals surface area contributed by atoms with E-state index in [0.717, 1.165) is 17.9 Å². The lowest BCUT2D eigenvalue weighted by Gasteiger charge is -2.27. The summed E-state index contributed by atoms with van der Waals surface area (Å²) in [6.45, 7) is 7.04. The molecule has 0 aromatic heterocycles. The molecule has 5 nitrogen and oxygen atoms in total. The molecule has 116 valence electrons. The lowest BCUT2D eigenvalue weighted by Crippen LogP contribution is -2.41. The number of hydrogen-bond acceptors (Lipinski definition) is 4. The maximum absolute atomic E-state index is 11.8. The van der Waals surface area contributed by atoms with Gasteiger partial charge in [0.25, 0.3) is 0 Å². The van der Waals surface area contributed by atoms with Gasteiger partial charge in [-0.15, -0.1) is 0 Å². The molecule has 1 aromatic rings. The number of carbonyl (C=O) groups excluding carboxylic acids is 1. The van der Waals surface area contributed by atoms with Crippen molar-refractivity contribution in [2.75, 3.05) is 26.9 Å². The highest BCUT2D eigenvalue weighted by molar-refractivity contribution is 5.78. The van der Waals surface area contributed by atoms with Gasteiger partial charge in [0, 0.05) is 31.2 Å². The van der Waals surface area contributed by atoms with Crippen molar-refractivity contribution >= 4 is 5.91 Å². The highest BCUT2D eigenvalue weighted by Crippen LogP contribution is 2.22. The average molecular weight is 292 g/mol.